The normalized spacial score (nSPS) is 19.1. The third-order valence-corrected chi connectivity index (χ3v) is 7.98. The van der Waals surface area contributed by atoms with E-state index in [1.807, 2.05) is 6.07 Å². The number of carbonyl (C=O) groups excluding carboxylic acids is 2. The number of nitrogens with one attached hydrogen (secondary N) is 1. The zero-order valence-electron chi connectivity index (χ0n) is 23.2. The lowest BCUT2D eigenvalue weighted by atomic mass is 9.91. The van der Waals surface area contributed by atoms with Gasteiger partial charge in [0.25, 0.3) is 5.91 Å². The van der Waals surface area contributed by atoms with Crippen molar-refractivity contribution in [1.29, 1.82) is 5.26 Å². The Kier molecular flexibility index (Phi) is 9.31. The molecular formula is C30H27ClF4N6O3. The van der Waals surface area contributed by atoms with Crippen molar-refractivity contribution in [3.8, 4) is 6.07 Å². The summed E-state index contributed by atoms with van der Waals surface area (Å²) in [5, 5.41) is 12.8. The molecule has 0 radical (unpaired) electrons. The summed E-state index contributed by atoms with van der Waals surface area (Å²) in [5.41, 5.74) is 0.174. The van der Waals surface area contributed by atoms with Crippen LogP contribution < -0.4 is 15.1 Å². The largest absolute Gasteiger partial charge is 0.449 e. The molecule has 1 aliphatic carbocycles. The van der Waals surface area contributed by atoms with Crippen LogP contribution in [-0.2, 0) is 9.53 Å². The fourth-order valence-corrected chi connectivity index (χ4v) is 5.74. The lowest BCUT2D eigenvalue weighted by Gasteiger charge is -2.40. The standard InChI is InChI=1S/C30H27ClF4N6O3/c31-24-4-2-1-3-23(24)26(17-38-20-5-9-30(34,35)10-6-20)40(22-14-18(32)13-19(33)15-22)27(42)25-8-12-44-29(43)41(25)28-37-11-7-21(16-36)39-28/h1-4,7,11,13-15,20,25-26,38H,5-6,8-10,12,17H2. The van der Waals surface area contributed by atoms with Gasteiger partial charge < -0.3 is 15.0 Å². The van der Waals surface area contributed by atoms with Gasteiger partial charge in [0.05, 0.1) is 18.3 Å². The van der Waals surface area contributed by atoms with Crippen molar-refractivity contribution >= 4 is 35.2 Å². The molecule has 9 nitrogen and oxygen atoms in total. The second-order valence-electron chi connectivity index (χ2n) is 10.6. The Hall–Kier alpha value is -4.28. The van der Waals surface area contributed by atoms with Crippen molar-refractivity contribution in [2.75, 3.05) is 23.0 Å². The molecule has 2 unspecified atom stereocenters. The van der Waals surface area contributed by atoms with Crippen molar-refractivity contribution < 1.29 is 31.9 Å². The molecule has 2 amide bonds. The molecule has 1 aliphatic heterocycles. The summed E-state index contributed by atoms with van der Waals surface area (Å²) in [6, 6.07) is 9.72. The fraction of sp³-hybridized carbons (Fsp3) is 0.367. The number of alkyl halides is 2. The van der Waals surface area contributed by atoms with Gasteiger partial charge in [-0.15, -0.1) is 0 Å². The average Bonchev–Trinajstić information content (AvgIpc) is 2.99. The van der Waals surface area contributed by atoms with Crippen LogP contribution in [0.2, 0.25) is 5.02 Å². The summed E-state index contributed by atoms with van der Waals surface area (Å²) in [6.07, 6.45) is -0.00180. The third-order valence-electron chi connectivity index (χ3n) is 7.64. The van der Waals surface area contributed by atoms with Crippen molar-refractivity contribution in [3.05, 3.63) is 82.6 Å². The average molecular weight is 631 g/mol. The number of cyclic esters (lactones) is 1. The minimum atomic E-state index is -2.76. The summed E-state index contributed by atoms with van der Waals surface area (Å²) < 4.78 is 62.2. The zero-order chi connectivity index (χ0) is 31.4. The summed E-state index contributed by atoms with van der Waals surface area (Å²) in [5.74, 6) is -5.70. The summed E-state index contributed by atoms with van der Waals surface area (Å²) >= 11 is 6.60. The second-order valence-corrected chi connectivity index (χ2v) is 11.0. The van der Waals surface area contributed by atoms with E-state index in [0.29, 0.717) is 11.6 Å². The molecule has 1 saturated heterocycles. The molecule has 230 valence electrons. The number of hydrogen-bond donors (Lipinski definition) is 1. The molecule has 2 fully saturated rings. The molecule has 0 bridgehead atoms. The van der Waals surface area contributed by atoms with E-state index in [4.69, 9.17) is 16.3 Å². The van der Waals surface area contributed by atoms with Crippen molar-refractivity contribution in [1.82, 2.24) is 15.3 Å². The number of nitrogens with zero attached hydrogens (tertiary/aromatic N) is 5. The SMILES string of the molecule is N#Cc1ccnc(N2C(=O)OCCC2C(=O)N(c2cc(F)cc(F)c2)C(CNC2CCC(F)(F)CC2)c2ccccc2Cl)n1. The molecule has 2 atom stereocenters. The summed E-state index contributed by atoms with van der Waals surface area (Å²) in [4.78, 5) is 37.8. The third kappa shape index (κ3) is 6.92. The van der Waals surface area contributed by atoms with Crippen molar-refractivity contribution in [2.45, 2.75) is 56.2 Å². The van der Waals surface area contributed by atoms with Gasteiger partial charge in [-0.25, -0.2) is 37.2 Å². The van der Waals surface area contributed by atoms with E-state index in [0.717, 1.165) is 21.9 Å². The molecule has 0 spiro atoms. The van der Waals surface area contributed by atoms with Gasteiger partial charge in [-0.05, 0) is 42.7 Å². The topological polar surface area (TPSA) is 111 Å². The highest BCUT2D eigenvalue weighted by atomic mass is 35.5. The number of benzene rings is 2. The van der Waals surface area contributed by atoms with Crippen molar-refractivity contribution in [3.63, 3.8) is 0 Å². The van der Waals surface area contributed by atoms with Gasteiger partial charge in [0.2, 0.25) is 11.9 Å². The van der Waals surface area contributed by atoms with E-state index in [-0.39, 0.29) is 73.6 Å². The van der Waals surface area contributed by atoms with Gasteiger partial charge in [0, 0.05) is 49.1 Å². The first-order valence-electron chi connectivity index (χ1n) is 13.9. The Morgan fingerprint density at radius 3 is 2.55 bits per heavy atom. The Morgan fingerprint density at radius 2 is 1.86 bits per heavy atom. The Labute approximate surface area is 255 Å². The first-order chi connectivity index (χ1) is 21.1. The lowest BCUT2D eigenvalue weighted by molar-refractivity contribution is -0.121. The zero-order valence-corrected chi connectivity index (χ0v) is 24.0. The Bertz CT molecular complexity index is 1560. The van der Waals surface area contributed by atoms with Gasteiger partial charge in [-0.2, -0.15) is 5.26 Å². The predicted molar refractivity (Wildman–Crippen MR) is 152 cm³/mol. The molecule has 5 rings (SSSR count). The van der Waals surface area contributed by atoms with Gasteiger partial charge in [0.15, 0.2) is 0 Å². The van der Waals surface area contributed by atoms with Crippen LogP contribution in [-0.4, -0.2) is 53.1 Å². The number of amides is 2. The van der Waals surface area contributed by atoms with E-state index in [2.05, 4.69) is 15.3 Å². The first kappa shape index (κ1) is 31.2. The molecule has 1 saturated carbocycles. The van der Waals surface area contributed by atoms with Crippen LogP contribution in [0.1, 0.15) is 49.4 Å². The molecule has 1 N–H and O–H groups in total. The van der Waals surface area contributed by atoms with E-state index < -0.39 is 41.6 Å². The maximum absolute atomic E-state index is 14.6. The van der Waals surface area contributed by atoms with Gasteiger partial charge in [-0.3, -0.25) is 4.79 Å². The quantitative estimate of drug-likeness (QED) is 0.307. The van der Waals surface area contributed by atoms with E-state index >= 15 is 0 Å². The molecule has 3 aromatic rings. The van der Waals surface area contributed by atoms with Crippen LogP contribution in [0.4, 0.5) is 34.0 Å². The van der Waals surface area contributed by atoms with E-state index in [1.165, 1.54) is 12.3 Å². The fourth-order valence-electron chi connectivity index (χ4n) is 5.47. The highest BCUT2D eigenvalue weighted by Crippen LogP contribution is 2.37. The lowest BCUT2D eigenvalue weighted by Crippen LogP contribution is -2.57. The van der Waals surface area contributed by atoms with Gasteiger partial charge >= 0.3 is 6.09 Å². The van der Waals surface area contributed by atoms with Crippen LogP contribution in [0.3, 0.4) is 0 Å². The molecule has 2 aliphatic rings. The number of anilines is 2. The summed E-state index contributed by atoms with van der Waals surface area (Å²) in [6.45, 7) is -0.179. The van der Waals surface area contributed by atoms with Gasteiger partial charge in [0.1, 0.15) is 29.4 Å². The number of aromatic nitrogens is 2. The van der Waals surface area contributed by atoms with E-state index in [1.54, 1.807) is 24.3 Å². The minimum Gasteiger partial charge on any atom is -0.449 e. The van der Waals surface area contributed by atoms with E-state index in [9.17, 15) is 32.4 Å². The maximum atomic E-state index is 14.6. The highest BCUT2D eigenvalue weighted by molar-refractivity contribution is 6.31. The number of hydrogen-bond acceptors (Lipinski definition) is 7. The Balaban J connectivity index is 1.59. The van der Waals surface area contributed by atoms with Crippen molar-refractivity contribution in [2.24, 2.45) is 0 Å². The number of carbonyl (C=O) groups is 2. The molecule has 44 heavy (non-hydrogen) atoms. The minimum absolute atomic E-state index is 0.0264. The number of rotatable bonds is 8. The van der Waals surface area contributed by atoms with Crippen LogP contribution in [0.5, 0.6) is 0 Å². The second kappa shape index (κ2) is 13.2. The van der Waals surface area contributed by atoms with Gasteiger partial charge in [-0.1, -0.05) is 29.8 Å². The first-order valence-corrected chi connectivity index (χ1v) is 14.3. The number of ether oxygens (including phenoxy) is 1. The summed E-state index contributed by atoms with van der Waals surface area (Å²) in [7, 11) is 0. The molecular weight excluding hydrogens is 604 g/mol. The molecule has 2 aromatic carbocycles. The molecule has 2 heterocycles. The highest BCUT2D eigenvalue weighted by Gasteiger charge is 2.43. The van der Waals surface area contributed by atoms with Crippen LogP contribution in [0.25, 0.3) is 0 Å². The smallest absolute Gasteiger partial charge is 0.417 e. The van der Waals surface area contributed by atoms with Crippen LogP contribution >= 0.6 is 11.6 Å². The van der Waals surface area contributed by atoms with Crippen LogP contribution in [0, 0.1) is 23.0 Å². The van der Waals surface area contributed by atoms with Crippen LogP contribution in [0.15, 0.2) is 54.7 Å². The maximum Gasteiger partial charge on any atom is 0.417 e. The molecule has 14 heteroatoms. The predicted octanol–water partition coefficient (Wildman–Crippen LogP) is 5.94. The Morgan fingerprint density at radius 1 is 1.16 bits per heavy atom. The number of nitriles is 1. The number of halogens is 5. The monoisotopic (exact) mass is 630 g/mol. The molecule has 1 aromatic heterocycles.